The summed E-state index contributed by atoms with van der Waals surface area (Å²) < 4.78 is 1.83. The Kier molecular flexibility index (Phi) is 4.42. The van der Waals surface area contributed by atoms with Crippen molar-refractivity contribution < 1.29 is 9.59 Å². The maximum atomic E-state index is 12.6. The summed E-state index contributed by atoms with van der Waals surface area (Å²) >= 11 is 0. The fourth-order valence-electron chi connectivity index (χ4n) is 3.07. The number of benzene rings is 2. The predicted octanol–water partition coefficient (Wildman–Crippen LogP) is 2.60. The van der Waals surface area contributed by atoms with Crippen molar-refractivity contribution >= 4 is 17.5 Å². The van der Waals surface area contributed by atoms with Gasteiger partial charge in [-0.3, -0.25) is 9.59 Å². The number of rotatable bonds is 4. The van der Waals surface area contributed by atoms with Crippen LogP contribution >= 0.6 is 0 Å². The number of amides is 2. The van der Waals surface area contributed by atoms with Crippen molar-refractivity contribution in [3.05, 3.63) is 66.4 Å². The average Bonchev–Trinajstić information content (AvgIpc) is 3.11. The lowest BCUT2D eigenvalue weighted by molar-refractivity contribution is -0.114. The molecule has 1 fully saturated rings. The normalized spacial score (nSPS) is 13.9. The molecule has 1 aliphatic rings. The lowest BCUT2D eigenvalue weighted by Crippen LogP contribution is -2.50. The van der Waals surface area contributed by atoms with E-state index in [4.69, 9.17) is 0 Å². The highest BCUT2D eigenvalue weighted by Crippen LogP contribution is 2.25. The van der Waals surface area contributed by atoms with Gasteiger partial charge in [0.15, 0.2) is 0 Å². The minimum atomic E-state index is -0.137. The first kappa shape index (κ1) is 17.0. The van der Waals surface area contributed by atoms with Crippen LogP contribution in [0.2, 0.25) is 0 Å². The summed E-state index contributed by atoms with van der Waals surface area (Å²) in [5.74, 6) is -0.161. The van der Waals surface area contributed by atoms with E-state index in [9.17, 15) is 9.59 Å². The van der Waals surface area contributed by atoms with Crippen LogP contribution in [0.15, 0.2) is 60.8 Å². The van der Waals surface area contributed by atoms with Crippen molar-refractivity contribution in [2.75, 3.05) is 18.4 Å². The smallest absolute Gasteiger partial charge is 0.254 e. The zero-order valence-corrected chi connectivity index (χ0v) is 14.9. The highest BCUT2D eigenvalue weighted by molar-refractivity contribution is 5.96. The van der Waals surface area contributed by atoms with E-state index < -0.39 is 0 Å². The van der Waals surface area contributed by atoms with E-state index in [0.717, 1.165) is 11.3 Å². The van der Waals surface area contributed by atoms with Crippen LogP contribution in [-0.4, -0.2) is 44.8 Å². The van der Waals surface area contributed by atoms with E-state index in [0.29, 0.717) is 24.3 Å². The fraction of sp³-hybridized carbons (Fsp3) is 0.200. The Morgan fingerprint density at radius 2 is 1.74 bits per heavy atom. The molecule has 4 rings (SSSR count). The summed E-state index contributed by atoms with van der Waals surface area (Å²) in [6.45, 7) is 2.65. The van der Waals surface area contributed by atoms with Crippen LogP contribution in [0.3, 0.4) is 0 Å². The monoisotopic (exact) mass is 361 g/mol. The Labute approximate surface area is 156 Å². The molecule has 2 aromatic carbocycles. The van der Waals surface area contributed by atoms with Gasteiger partial charge in [-0.1, -0.05) is 35.5 Å². The standard InChI is InChI=1S/C20H19N5O2/c1-14(26)21-17-9-7-16(8-10-17)20(27)24-11-18(12-24)25-13-19(22-23-25)15-5-3-2-4-6-15/h2-10,13,18H,11-12H2,1H3,(H,21,26). The molecule has 0 spiro atoms. The van der Waals surface area contributed by atoms with Gasteiger partial charge in [0.2, 0.25) is 5.91 Å². The van der Waals surface area contributed by atoms with E-state index in [1.54, 1.807) is 29.2 Å². The molecule has 7 nitrogen and oxygen atoms in total. The van der Waals surface area contributed by atoms with Gasteiger partial charge in [-0.05, 0) is 24.3 Å². The molecule has 0 unspecified atom stereocenters. The molecule has 7 heteroatoms. The Balaban J connectivity index is 1.37. The zero-order valence-electron chi connectivity index (χ0n) is 14.9. The topological polar surface area (TPSA) is 80.1 Å². The second-order valence-electron chi connectivity index (χ2n) is 6.57. The summed E-state index contributed by atoms with van der Waals surface area (Å²) in [5, 5.41) is 11.1. The minimum Gasteiger partial charge on any atom is -0.334 e. The maximum Gasteiger partial charge on any atom is 0.254 e. The third kappa shape index (κ3) is 3.57. The van der Waals surface area contributed by atoms with Crippen molar-refractivity contribution in [3.63, 3.8) is 0 Å². The number of nitrogens with one attached hydrogen (secondary N) is 1. The fourth-order valence-corrected chi connectivity index (χ4v) is 3.07. The van der Waals surface area contributed by atoms with Gasteiger partial charge in [0.05, 0.1) is 12.2 Å². The highest BCUT2D eigenvalue weighted by Gasteiger charge is 2.33. The minimum absolute atomic E-state index is 0.0241. The summed E-state index contributed by atoms with van der Waals surface area (Å²) in [4.78, 5) is 25.4. The van der Waals surface area contributed by atoms with Crippen LogP contribution in [0.25, 0.3) is 11.3 Å². The van der Waals surface area contributed by atoms with E-state index >= 15 is 0 Å². The van der Waals surface area contributed by atoms with Gasteiger partial charge < -0.3 is 10.2 Å². The van der Waals surface area contributed by atoms with E-state index in [2.05, 4.69) is 15.6 Å². The lowest BCUT2D eigenvalue weighted by Gasteiger charge is -2.38. The molecule has 1 aliphatic heterocycles. The summed E-state index contributed by atoms with van der Waals surface area (Å²) in [6.07, 6.45) is 1.92. The Bertz CT molecular complexity index is 960. The third-order valence-electron chi connectivity index (χ3n) is 4.56. The number of aromatic nitrogens is 3. The molecule has 3 aromatic rings. The second-order valence-corrected chi connectivity index (χ2v) is 6.57. The van der Waals surface area contributed by atoms with Crippen molar-refractivity contribution in [1.29, 1.82) is 0 Å². The number of nitrogens with zero attached hydrogens (tertiary/aromatic N) is 4. The SMILES string of the molecule is CC(=O)Nc1ccc(C(=O)N2CC(n3cc(-c4ccccc4)nn3)C2)cc1. The Hall–Kier alpha value is -3.48. The molecule has 0 radical (unpaired) electrons. The van der Waals surface area contributed by atoms with Crippen LogP contribution in [-0.2, 0) is 4.79 Å². The molecule has 2 heterocycles. The number of hydrogen-bond donors (Lipinski definition) is 1. The van der Waals surface area contributed by atoms with Crippen LogP contribution in [0.1, 0.15) is 23.3 Å². The number of carbonyl (C=O) groups is 2. The molecule has 0 atom stereocenters. The van der Waals surface area contributed by atoms with E-state index in [1.807, 2.05) is 41.2 Å². The summed E-state index contributed by atoms with van der Waals surface area (Å²) in [7, 11) is 0. The summed E-state index contributed by atoms with van der Waals surface area (Å²) in [6, 6.07) is 16.9. The Morgan fingerprint density at radius 3 is 2.41 bits per heavy atom. The van der Waals surface area contributed by atoms with Gasteiger partial charge in [0, 0.05) is 36.8 Å². The molecular formula is C20H19N5O2. The molecule has 2 amide bonds. The molecule has 0 saturated carbocycles. The van der Waals surface area contributed by atoms with Crippen molar-refractivity contribution in [2.24, 2.45) is 0 Å². The molecule has 1 saturated heterocycles. The number of anilines is 1. The molecule has 1 aromatic heterocycles. The number of likely N-dealkylation sites (tertiary alicyclic amines) is 1. The maximum absolute atomic E-state index is 12.6. The first-order valence-electron chi connectivity index (χ1n) is 8.74. The second kappa shape index (κ2) is 7.03. The third-order valence-corrected chi connectivity index (χ3v) is 4.56. The van der Waals surface area contributed by atoms with Gasteiger partial charge in [-0.2, -0.15) is 0 Å². The van der Waals surface area contributed by atoms with Crippen LogP contribution < -0.4 is 5.32 Å². The van der Waals surface area contributed by atoms with Gasteiger partial charge in [0.1, 0.15) is 5.69 Å². The molecule has 27 heavy (non-hydrogen) atoms. The van der Waals surface area contributed by atoms with Crippen LogP contribution in [0.4, 0.5) is 5.69 Å². The molecule has 1 N–H and O–H groups in total. The van der Waals surface area contributed by atoms with E-state index in [1.165, 1.54) is 6.92 Å². The quantitative estimate of drug-likeness (QED) is 0.775. The van der Waals surface area contributed by atoms with Crippen molar-refractivity contribution in [3.8, 4) is 11.3 Å². The molecule has 0 aliphatic carbocycles. The number of carbonyl (C=O) groups excluding carboxylic acids is 2. The molecule has 0 bridgehead atoms. The van der Waals surface area contributed by atoms with Gasteiger partial charge >= 0.3 is 0 Å². The van der Waals surface area contributed by atoms with Crippen LogP contribution in [0, 0.1) is 0 Å². The molecular weight excluding hydrogens is 342 g/mol. The molecule has 136 valence electrons. The van der Waals surface area contributed by atoms with Crippen LogP contribution in [0.5, 0.6) is 0 Å². The van der Waals surface area contributed by atoms with E-state index in [-0.39, 0.29) is 17.9 Å². The highest BCUT2D eigenvalue weighted by atomic mass is 16.2. The van der Waals surface area contributed by atoms with Crippen molar-refractivity contribution in [2.45, 2.75) is 13.0 Å². The first-order chi connectivity index (χ1) is 13.1. The van der Waals surface area contributed by atoms with Gasteiger partial charge in [0.25, 0.3) is 5.91 Å². The lowest BCUT2D eigenvalue weighted by atomic mass is 10.1. The first-order valence-corrected chi connectivity index (χ1v) is 8.74. The largest absolute Gasteiger partial charge is 0.334 e. The number of hydrogen-bond acceptors (Lipinski definition) is 4. The predicted molar refractivity (Wildman–Crippen MR) is 101 cm³/mol. The Morgan fingerprint density at radius 1 is 1.04 bits per heavy atom. The zero-order chi connectivity index (χ0) is 18.8. The van der Waals surface area contributed by atoms with Crippen molar-refractivity contribution in [1.82, 2.24) is 19.9 Å². The summed E-state index contributed by atoms with van der Waals surface area (Å²) in [5.41, 5.74) is 3.13. The van der Waals surface area contributed by atoms with Gasteiger partial charge in [-0.25, -0.2) is 4.68 Å². The average molecular weight is 361 g/mol. The van der Waals surface area contributed by atoms with Gasteiger partial charge in [-0.15, -0.1) is 5.10 Å².